The van der Waals surface area contributed by atoms with Crippen molar-refractivity contribution in [2.75, 3.05) is 7.11 Å². The number of benzene rings is 1. The number of aliphatic carboxylic acids is 1. The van der Waals surface area contributed by atoms with Gasteiger partial charge in [-0.2, -0.15) is 0 Å². The predicted molar refractivity (Wildman–Crippen MR) is 79.1 cm³/mol. The molecular formula is C17H24O3. The van der Waals surface area contributed by atoms with Gasteiger partial charge >= 0.3 is 5.97 Å². The van der Waals surface area contributed by atoms with Crippen molar-refractivity contribution in [1.82, 2.24) is 0 Å². The molecule has 110 valence electrons. The Kier molecular flexibility index (Phi) is 4.36. The zero-order valence-corrected chi connectivity index (χ0v) is 12.6. The van der Waals surface area contributed by atoms with Gasteiger partial charge in [0.1, 0.15) is 5.75 Å². The van der Waals surface area contributed by atoms with E-state index in [9.17, 15) is 9.90 Å². The molecule has 0 amide bonds. The second-order valence-corrected chi connectivity index (χ2v) is 6.65. The van der Waals surface area contributed by atoms with Crippen LogP contribution in [0.3, 0.4) is 0 Å². The molecule has 1 aromatic rings. The van der Waals surface area contributed by atoms with Crippen LogP contribution in [0.1, 0.15) is 51.0 Å². The van der Waals surface area contributed by atoms with Crippen LogP contribution in [0.25, 0.3) is 0 Å². The summed E-state index contributed by atoms with van der Waals surface area (Å²) in [4.78, 5) is 11.2. The predicted octanol–water partition coefficient (Wildman–Crippen LogP) is 4.08. The van der Waals surface area contributed by atoms with Crippen LogP contribution in [0.4, 0.5) is 0 Å². The van der Waals surface area contributed by atoms with Crippen molar-refractivity contribution in [1.29, 1.82) is 0 Å². The lowest BCUT2D eigenvalue weighted by Crippen LogP contribution is -2.30. The summed E-state index contributed by atoms with van der Waals surface area (Å²) in [6, 6.07) is 8.08. The zero-order chi connectivity index (χ0) is 14.8. The maximum Gasteiger partial charge on any atom is 0.303 e. The summed E-state index contributed by atoms with van der Waals surface area (Å²) in [5, 5.41) is 9.18. The van der Waals surface area contributed by atoms with Crippen molar-refractivity contribution in [2.45, 2.75) is 45.4 Å². The molecule has 2 rings (SSSR count). The van der Waals surface area contributed by atoms with E-state index < -0.39 is 5.97 Å². The molecule has 0 spiro atoms. The summed E-state index contributed by atoms with van der Waals surface area (Å²) in [7, 11) is 1.66. The highest BCUT2D eigenvalue weighted by Gasteiger charge is 2.36. The molecule has 1 saturated carbocycles. The fraction of sp³-hybridized carbons (Fsp3) is 0.588. The highest BCUT2D eigenvalue weighted by atomic mass is 16.5. The topological polar surface area (TPSA) is 46.5 Å². The molecule has 0 radical (unpaired) electrons. The van der Waals surface area contributed by atoms with Crippen LogP contribution in [0.5, 0.6) is 5.75 Å². The van der Waals surface area contributed by atoms with E-state index in [0.717, 1.165) is 25.0 Å². The van der Waals surface area contributed by atoms with Gasteiger partial charge < -0.3 is 9.84 Å². The van der Waals surface area contributed by atoms with E-state index in [1.165, 1.54) is 5.56 Å². The SMILES string of the molecule is COc1cccc([C@@H]2CCC(C)(C)C[C@@H]2CC(=O)O)c1. The molecular weight excluding hydrogens is 252 g/mol. The molecule has 1 aliphatic rings. The quantitative estimate of drug-likeness (QED) is 0.901. The highest BCUT2D eigenvalue weighted by Crippen LogP contribution is 2.47. The molecule has 1 fully saturated rings. The van der Waals surface area contributed by atoms with Crippen LogP contribution in [0.15, 0.2) is 24.3 Å². The lowest BCUT2D eigenvalue weighted by Gasteiger charge is -2.40. The minimum Gasteiger partial charge on any atom is -0.497 e. The van der Waals surface area contributed by atoms with Gasteiger partial charge in [0.05, 0.1) is 7.11 Å². The molecule has 0 unspecified atom stereocenters. The molecule has 1 N–H and O–H groups in total. The molecule has 1 aromatic carbocycles. The lowest BCUT2D eigenvalue weighted by molar-refractivity contribution is -0.138. The molecule has 0 bridgehead atoms. The standard InChI is InChI=1S/C17H24O3/c1-17(2)8-7-15(13(11-17)10-16(18)19)12-5-4-6-14(9-12)20-3/h4-6,9,13,15H,7-8,10-11H2,1-3H3,(H,18,19)/t13-,15-/m0/s1. The van der Waals surface area contributed by atoms with E-state index >= 15 is 0 Å². The van der Waals surface area contributed by atoms with Gasteiger partial charge in [0.15, 0.2) is 0 Å². The minimum absolute atomic E-state index is 0.211. The summed E-state index contributed by atoms with van der Waals surface area (Å²) >= 11 is 0. The number of hydrogen-bond donors (Lipinski definition) is 1. The average Bonchev–Trinajstić information content (AvgIpc) is 2.37. The first kappa shape index (κ1) is 14.9. The van der Waals surface area contributed by atoms with E-state index in [1.54, 1.807) is 7.11 Å². The van der Waals surface area contributed by atoms with Gasteiger partial charge in [-0.1, -0.05) is 26.0 Å². The second-order valence-electron chi connectivity index (χ2n) is 6.65. The summed E-state index contributed by atoms with van der Waals surface area (Å²) < 4.78 is 5.29. The number of rotatable bonds is 4. The van der Waals surface area contributed by atoms with E-state index in [1.807, 2.05) is 12.1 Å². The Bertz CT molecular complexity index is 479. The third-order valence-corrected chi connectivity index (χ3v) is 4.47. The van der Waals surface area contributed by atoms with E-state index in [4.69, 9.17) is 4.74 Å². The van der Waals surface area contributed by atoms with Crippen molar-refractivity contribution in [3.63, 3.8) is 0 Å². The Morgan fingerprint density at radius 2 is 2.20 bits per heavy atom. The maximum absolute atomic E-state index is 11.2. The second kappa shape index (κ2) is 5.86. The number of carbonyl (C=O) groups is 1. The van der Waals surface area contributed by atoms with E-state index in [0.29, 0.717) is 5.92 Å². The van der Waals surface area contributed by atoms with Gasteiger partial charge in [0, 0.05) is 6.42 Å². The van der Waals surface area contributed by atoms with Crippen LogP contribution in [0.2, 0.25) is 0 Å². The molecule has 3 heteroatoms. The molecule has 20 heavy (non-hydrogen) atoms. The fourth-order valence-electron chi connectivity index (χ4n) is 3.49. The third kappa shape index (κ3) is 3.53. The number of hydrogen-bond acceptors (Lipinski definition) is 2. The Balaban J connectivity index is 2.24. The first-order valence-electron chi connectivity index (χ1n) is 7.27. The van der Waals surface area contributed by atoms with Crippen LogP contribution < -0.4 is 4.74 Å². The Hall–Kier alpha value is -1.51. The minimum atomic E-state index is -0.694. The highest BCUT2D eigenvalue weighted by molar-refractivity contribution is 5.67. The van der Waals surface area contributed by atoms with Gasteiger partial charge in [-0.15, -0.1) is 0 Å². The summed E-state index contributed by atoms with van der Waals surface area (Å²) in [6.45, 7) is 4.48. The number of methoxy groups -OCH3 is 1. The first-order valence-corrected chi connectivity index (χ1v) is 7.27. The molecule has 2 atom stereocenters. The number of carboxylic acid groups (broad SMARTS) is 1. The largest absolute Gasteiger partial charge is 0.497 e. The summed E-state index contributed by atoms with van der Waals surface area (Å²) in [5.41, 5.74) is 1.46. The summed E-state index contributed by atoms with van der Waals surface area (Å²) in [6.07, 6.45) is 3.43. The van der Waals surface area contributed by atoms with Gasteiger partial charge in [-0.3, -0.25) is 4.79 Å². The average molecular weight is 276 g/mol. The number of ether oxygens (including phenoxy) is 1. The smallest absolute Gasteiger partial charge is 0.303 e. The molecule has 0 aromatic heterocycles. The van der Waals surface area contributed by atoms with Gasteiger partial charge in [0.25, 0.3) is 0 Å². The molecule has 0 heterocycles. The van der Waals surface area contributed by atoms with Crippen molar-refractivity contribution >= 4 is 5.97 Å². The van der Waals surface area contributed by atoms with Crippen molar-refractivity contribution in [3.05, 3.63) is 29.8 Å². The van der Waals surface area contributed by atoms with Crippen molar-refractivity contribution in [2.24, 2.45) is 11.3 Å². The van der Waals surface area contributed by atoms with Crippen LogP contribution in [-0.2, 0) is 4.79 Å². The Labute approximate surface area is 121 Å². The first-order chi connectivity index (χ1) is 9.41. The van der Waals surface area contributed by atoms with Crippen LogP contribution in [-0.4, -0.2) is 18.2 Å². The van der Waals surface area contributed by atoms with Gasteiger partial charge in [-0.05, 0) is 54.2 Å². The molecule has 0 aliphatic heterocycles. The monoisotopic (exact) mass is 276 g/mol. The van der Waals surface area contributed by atoms with Gasteiger partial charge in [-0.25, -0.2) is 0 Å². The Morgan fingerprint density at radius 3 is 2.85 bits per heavy atom. The van der Waals surface area contributed by atoms with Crippen LogP contribution in [0, 0.1) is 11.3 Å². The van der Waals surface area contributed by atoms with Crippen molar-refractivity contribution in [3.8, 4) is 5.75 Å². The van der Waals surface area contributed by atoms with Crippen LogP contribution >= 0.6 is 0 Å². The zero-order valence-electron chi connectivity index (χ0n) is 12.6. The van der Waals surface area contributed by atoms with E-state index in [-0.39, 0.29) is 17.8 Å². The molecule has 3 nitrogen and oxygen atoms in total. The fourth-order valence-corrected chi connectivity index (χ4v) is 3.49. The normalized spacial score (nSPS) is 25.1. The van der Waals surface area contributed by atoms with Gasteiger partial charge in [0.2, 0.25) is 0 Å². The third-order valence-electron chi connectivity index (χ3n) is 4.47. The van der Waals surface area contributed by atoms with E-state index in [2.05, 4.69) is 26.0 Å². The van der Waals surface area contributed by atoms with Crippen molar-refractivity contribution < 1.29 is 14.6 Å². The lowest BCUT2D eigenvalue weighted by atomic mass is 9.64. The number of carboxylic acids is 1. The maximum atomic E-state index is 11.2. The molecule has 1 aliphatic carbocycles. The molecule has 0 saturated heterocycles. The summed E-state index contributed by atoms with van der Waals surface area (Å²) in [5.74, 6) is 0.694. The Morgan fingerprint density at radius 1 is 1.45 bits per heavy atom.